The van der Waals surface area contributed by atoms with Gasteiger partial charge in [-0.15, -0.1) is 0 Å². The summed E-state index contributed by atoms with van der Waals surface area (Å²) in [6.45, 7) is 12.4. The van der Waals surface area contributed by atoms with Gasteiger partial charge in [-0.2, -0.15) is 0 Å². The Labute approximate surface area is 148 Å². The molecule has 0 bridgehead atoms. The van der Waals surface area contributed by atoms with Gasteiger partial charge < -0.3 is 5.32 Å². The third kappa shape index (κ3) is 4.56. The van der Waals surface area contributed by atoms with Crippen LogP contribution in [-0.4, -0.2) is 25.5 Å². The molecule has 0 aliphatic carbocycles. The average Bonchev–Trinajstić information content (AvgIpc) is 2.28. The van der Waals surface area contributed by atoms with E-state index in [1.54, 1.807) is 6.07 Å². The minimum atomic E-state index is -3.55. The van der Waals surface area contributed by atoms with Crippen molar-refractivity contribution >= 4 is 26.0 Å². The first-order valence-corrected chi connectivity index (χ1v) is 10.2. The summed E-state index contributed by atoms with van der Waals surface area (Å²) in [5, 5.41) is 3.57. The number of halogens is 1. The SMILES string of the molecule is Cc1cc(Br)c(S(=O)(=O)NC2CC(C)(C)NC(C)(C)C2)cc1C. The first-order valence-electron chi connectivity index (χ1n) is 7.90. The van der Waals surface area contributed by atoms with Crippen LogP contribution in [0, 0.1) is 13.8 Å². The van der Waals surface area contributed by atoms with Crippen LogP contribution >= 0.6 is 15.9 Å². The molecule has 1 aliphatic heterocycles. The molecule has 1 aliphatic rings. The molecule has 0 spiro atoms. The van der Waals surface area contributed by atoms with Gasteiger partial charge in [0.1, 0.15) is 0 Å². The van der Waals surface area contributed by atoms with Gasteiger partial charge in [-0.1, -0.05) is 0 Å². The summed E-state index contributed by atoms with van der Waals surface area (Å²) in [6.07, 6.45) is 1.52. The largest absolute Gasteiger partial charge is 0.307 e. The zero-order valence-electron chi connectivity index (χ0n) is 14.7. The van der Waals surface area contributed by atoms with E-state index in [2.05, 4.69) is 53.7 Å². The topological polar surface area (TPSA) is 58.2 Å². The van der Waals surface area contributed by atoms with Crippen molar-refractivity contribution < 1.29 is 8.42 Å². The van der Waals surface area contributed by atoms with Gasteiger partial charge in [0.25, 0.3) is 0 Å². The number of aryl methyl sites for hydroxylation is 2. The molecule has 2 N–H and O–H groups in total. The Kier molecular flexibility index (Phi) is 5.04. The molecule has 1 aromatic rings. The van der Waals surface area contributed by atoms with E-state index in [-0.39, 0.29) is 17.1 Å². The van der Waals surface area contributed by atoms with Crippen LogP contribution in [-0.2, 0) is 10.0 Å². The molecule has 1 aromatic carbocycles. The third-order valence-corrected chi connectivity index (χ3v) is 6.83. The van der Waals surface area contributed by atoms with E-state index in [0.29, 0.717) is 9.37 Å². The van der Waals surface area contributed by atoms with Crippen LogP contribution in [0.15, 0.2) is 21.5 Å². The maximum absolute atomic E-state index is 12.8. The Bertz CT molecular complexity index is 696. The number of sulfonamides is 1. The van der Waals surface area contributed by atoms with Crippen LogP contribution in [0.25, 0.3) is 0 Å². The predicted octanol–water partition coefficient (Wildman–Crippen LogP) is 3.65. The summed E-state index contributed by atoms with van der Waals surface area (Å²) in [4.78, 5) is 0.315. The Hall–Kier alpha value is -0.430. The number of piperidine rings is 1. The fraction of sp³-hybridized carbons (Fsp3) is 0.647. The van der Waals surface area contributed by atoms with E-state index in [9.17, 15) is 8.42 Å². The average molecular weight is 403 g/mol. The zero-order chi connectivity index (χ0) is 17.6. The van der Waals surface area contributed by atoms with E-state index in [1.165, 1.54) is 0 Å². The molecule has 23 heavy (non-hydrogen) atoms. The van der Waals surface area contributed by atoms with Crippen molar-refractivity contribution in [3.05, 3.63) is 27.7 Å². The summed E-state index contributed by atoms with van der Waals surface area (Å²) in [7, 11) is -3.55. The van der Waals surface area contributed by atoms with Crippen LogP contribution in [0.3, 0.4) is 0 Å². The number of hydrogen-bond donors (Lipinski definition) is 2. The van der Waals surface area contributed by atoms with Crippen LogP contribution in [0.1, 0.15) is 51.7 Å². The minimum Gasteiger partial charge on any atom is -0.307 e. The summed E-state index contributed by atoms with van der Waals surface area (Å²) in [5.41, 5.74) is 1.84. The lowest BCUT2D eigenvalue weighted by Crippen LogP contribution is -2.62. The molecule has 0 saturated carbocycles. The maximum Gasteiger partial charge on any atom is 0.241 e. The molecule has 0 atom stereocenters. The molecule has 4 nitrogen and oxygen atoms in total. The molecule has 1 fully saturated rings. The third-order valence-electron chi connectivity index (χ3n) is 4.35. The van der Waals surface area contributed by atoms with Crippen molar-refractivity contribution in [2.45, 2.75) is 76.4 Å². The van der Waals surface area contributed by atoms with Crippen LogP contribution in [0.5, 0.6) is 0 Å². The number of benzene rings is 1. The van der Waals surface area contributed by atoms with Crippen molar-refractivity contribution in [3.63, 3.8) is 0 Å². The number of rotatable bonds is 3. The van der Waals surface area contributed by atoms with E-state index in [1.807, 2.05) is 19.9 Å². The van der Waals surface area contributed by atoms with Gasteiger partial charge in [-0.25, -0.2) is 13.1 Å². The molecule has 130 valence electrons. The molecule has 1 saturated heterocycles. The van der Waals surface area contributed by atoms with Gasteiger partial charge in [0.2, 0.25) is 10.0 Å². The van der Waals surface area contributed by atoms with E-state index >= 15 is 0 Å². The van der Waals surface area contributed by atoms with Crippen molar-refractivity contribution in [3.8, 4) is 0 Å². The fourth-order valence-electron chi connectivity index (χ4n) is 3.65. The van der Waals surface area contributed by atoms with Crippen molar-refractivity contribution in [1.82, 2.24) is 10.0 Å². The highest BCUT2D eigenvalue weighted by Gasteiger charge is 2.39. The molecule has 2 rings (SSSR count). The highest BCUT2D eigenvalue weighted by molar-refractivity contribution is 9.10. The van der Waals surface area contributed by atoms with Gasteiger partial charge in [0.15, 0.2) is 0 Å². The van der Waals surface area contributed by atoms with Crippen LogP contribution in [0.4, 0.5) is 0 Å². The van der Waals surface area contributed by atoms with Gasteiger partial charge in [0.05, 0.1) is 4.90 Å². The van der Waals surface area contributed by atoms with Crippen LogP contribution < -0.4 is 10.0 Å². The zero-order valence-corrected chi connectivity index (χ0v) is 17.2. The molecule has 0 unspecified atom stereocenters. The van der Waals surface area contributed by atoms with Gasteiger partial charge >= 0.3 is 0 Å². The maximum atomic E-state index is 12.8. The van der Waals surface area contributed by atoms with Gasteiger partial charge in [-0.05, 0) is 93.6 Å². The number of hydrogen-bond acceptors (Lipinski definition) is 3. The molecule has 0 amide bonds. The predicted molar refractivity (Wildman–Crippen MR) is 98.3 cm³/mol. The smallest absolute Gasteiger partial charge is 0.241 e. The first kappa shape index (κ1) is 18.9. The van der Waals surface area contributed by atoms with Crippen molar-refractivity contribution in [1.29, 1.82) is 0 Å². The van der Waals surface area contributed by atoms with Crippen molar-refractivity contribution in [2.75, 3.05) is 0 Å². The Morgan fingerprint density at radius 3 is 2.09 bits per heavy atom. The normalized spacial score (nSPS) is 21.3. The van der Waals surface area contributed by atoms with E-state index in [4.69, 9.17) is 0 Å². The monoisotopic (exact) mass is 402 g/mol. The highest BCUT2D eigenvalue weighted by Crippen LogP contribution is 2.31. The standard InChI is InChI=1S/C17H27BrN2O2S/c1-11-7-14(18)15(8-12(11)2)23(21,22)19-13-9-16(3,4)20-17(5,6)10-13/h7-8,13,19-20H,9-10H2,1-6H3. The van der Waals surface area contributed by atoms with Crippen molar-refractivity contribution in [2.24, 2.45) is 0 Å². The van der Waals surface area contributed by atoms with E-state index < -0.39 is 10.0 Å². The second kappa shape index (κ2) is 6.14. The molecule has 0 aromatic heterocycles. The second-order valence-corrected chi connectivity index (χ2v) is 10.5. The fourth-order valence-corrected chi connectivity index (χ4v) is 6.13. The lowest BCUT2D eigenvalue weighted by atomic mass is 9.80. The molecule has 6 heteroatoms. The molecular formula is C17H27BrN2O2S. The lowest BCUT2D eigenvalue weighted by molar-refractivity contribution is 0.157. The van der Waals surface area contributed by atoms with Crippen LogP contribution in [0.2, 0.25) is 0 Å². The lowest BCUT2D eigenvalue weighted by Gasteiger charge is -2.46. The second-order valence-electron chi connectivity index (χ2n) is 7.99. The van der Waals surface area contributed by atoms with Gasteiger partial charge in [0, 0.05) is 21.6 Å². The van der Waals surface area contributed by atoms with E-state index in [0.717, 1.165) is 24.0 Å². The Morgan fingerprint density at radius 1 is 1.09 bits per heavy atom. The summed E-state index contributed by atoms with van der Waals surface area (Å²) < 4.78 is 29.2. The quantitative estimate of drug-likeness (QED) is 0.810. The first-order chi connectivity index (χ1) is 10.3. The summed E-state index contributed by atoms with van der Waals surface area (Å²) in [5.74, 6) is 0. The minimum absolute atomic E-state index is 0.0836. The number of nitrogens with one attached hydrogen (secondary N) is 2. The van der Waals surface area contributed by atoms with Gasteiger partial charge in [-0.3, -0.25) is 0 Å². The highest BCUT2D eigenvalue weighted by atomic mass is 79.9. The molecular weight excluding hydrogens is 376 g/mol. The Morgan fingerprint density at radius 2 is 1.57 bits per heavy atom. The summed E-state index contributed by atoms with van der Waals surface area (Å²) in [6, 6.07) is 3.51. The molecule has 0 radical (unpaired) electrons. The Balaban J connectivity index is 2.30. The summed E-state index contributed by atoms with van der Waals surface area (Å²) >= 11 is 3.40. The molecule has 1 heterocycles.